The van der Waals surface area contributed by atoms with Gasteiger partial charge in [0.25, 0.3) is 5.56 Å². The molecule has 0 unspecified atom stereocenters. The Balaban J connectivity index is 1.41. The molecule has 0 radical (unpaired) electrons. The molecule has 1 atom stereocenters. The van der Waals surface area contributed by atoms with Crippen molar-refractivity contribution in [1.29, 1.82) is 5.26 Å². The van der Waals surface area contributed by atoms with Gasteiger partial charge in [0.2, 0.25) is 0 Å². The lowest BCUT2D eigenvalue weighted by atomic mass is 9.91. The Morgan fingerprint density at radius 3 is 2.66 bits per heavy atom. The number of halogens is 1. The van der Waals surface area contributed by atoms with E-state index in [2.05, 4.69) is 22.0 Å². The second-order valence-corrected chi connectivity index (χ2v) is 12.0. The second kappa shape index (κ2) is 12.4. The van der Waals surface area contributed by atoms with Gasteiger partial charge in [0.1, 0.15) is 12.4 Å². The van der Waals surface area contributed by atoms with Crippen molar-refractivity contribution in [2.75, 3.05) is 6.61 Å². The van der Waals surface area contributed by atoms with Gasteiger partial charge < -0.3 is 9.47 Å². The van der Waals surface area contributed by atoms with Gasteiger partial charge in [-0.05, 0) is 76.0 Å². The number of nitriles is 1. The first-order chi connectivity index (χ1) is 21.4. The van der Waals surface area contributed by atoms with E-state index in [1.807, 2.05) is 84.9 Å². The molecular formula is C35H26BrN3O4S. The van der Waals surface area contributed by atoms with Crippen molar-refractivity contribution in [3.8, 4) is 11.8 Å². The zero-order chi connectivity index (χ0) is 30.8. The van der Waals surface area contributed by atoms with E-state index in [9.17, 15) is 14.9 Å². The lowest BCUT2D eigenvalue weighted by Gasteiger charge is -2.25. The summed E-state index contributed by atoms with van der Waals surface area (Å²) in [5, 5.41) is 11.3. The van der Waals surface area contributed by atoms with E-state index in [0.29, 0.717) is 36.4 Å². The molecule has 0 spiro atoms. The Labute approximate surface area is 265 Å². The number of esters is 1. The van der Waals surface area contributed by atoms with Gasteiger partial charge in [0.15, 0.2) is 4.80 Å². The Hall–Kier alpha value is -4.78. The number of benzene rings is 4. The third-order valence-electron chi connectivity index (χ3n) is 7.41. The first kappa shape index (κ1) is 29.3. The number of hydrogen-bond acceptors (Lipinski definition) is 7. The van der Waals surface area contributed by atoms with E-state index in [4.69, 9.17) is 14.5 Å². The first-order valence-corrected chi connectivity index (χ1v) is 15.6. The minimum atomic E-state index is -0.697. The summed E-state index contributed by atoms with van der Waals surface area (Å²) in [5.41, 5.74) is 3.61. The van der Waals surface area contributed by atoms with E-state index in [1.165, 1.54) is 11.3 Å². The largest absolute Gasteiger partial charge is 0.488 e. The van der Waals surface area contributed by atoms with Crippen molar-refractivity contribution < 1.29 is 14.3 Å². The summed E-state index contributed by atoms with van der Waals surface area (Å²) >= 11 is 4.87. The van der Waals surface area contributed by atoms with Crippen molar-refractivity contribution in [2.24, 2.45) is 4.99 Å². The molecule has 0 fully saturated rings. The van der Waals surface area contributed by atoms with Crippen LogP contribution < -0.4 is 19.6 Å². The molecule has 1 aliphatic rings. The van der Waals surface area contributed by atoms with Crippen LogP contribution in [0, 0.1) is 11.3 Å². The quantitative estimate of drug-likeness (QED) is 0.194. The van der Waals surface area contributed by atoms with Crippen LogP contribution in [0.2, 0.25) is 0 Å². The SMILES string of the molecule is CCOC(=O)C1=C(C)N=c2s/c(=C/c3ccc(OCc4ccccc4C#N)c(Br)c3)c(=O)n2[C@@H]1c1cccc2ccccc12. The third-order valence-corrected chi connectivity index (χ3v) is 9.01. The molecule has 7 nitrogen and oxygen atoms in total. The predicted molar refractivity (Wildman–Crippen MR) is 174 cm³/mol. The van der Waals surface area contributed by atoms with E-state index < -0.39 is 12.0 Å². The first-order valence-electron chi connectivity index (χ1n) is 14.0. The molecule has 0 saturated carbocycles. The molecule has 1 aliphatic heterocycles. The molecule has 0 N–H and O–H groups in total. The minimum absolute atomic E-state index is 0.210. The lowest BCUT2D eigenvalue weighted by molar-refractivity contribution is -0.139. The zero-order valence-electron chi connectivity index (χ0n) is 23.9. The van der Waals surface area contributed by atoms with E-state index in [1.54, 1.807) is 24.5 Å². The van der Waals surface area contributed by atoms with Crippen molar-refractivity contribution in [2.45, 2.75) is 26.5 Å². The van der Waals surface area contributed by atoms with Crippen LogP contribution in [0.5, 0.6) is 5.75 Å². The smallest absolute Gasteiger partial charge is 0.338 e. The number of rotatable bonds is 7. The van der Waals surface area contributed by atoms with Crippen LogP contribution in [-0.2, 0) is 16.1 Å². The van der Waals surface area contributed by atoms with Crippen LogP contribution in [0.15, 0.2) is 110 Å². The van der Waals surface area contributed by atoms with Gasteiger partial charge in [-0.15, -0.1) is 0 Å². The van der Waals surface area contributed by atoms with Gasteiger partial charge >= 0.3 is 5.97 Å². The number of ether oxygens (including phenoxy) is 2. The van der Waals surface area contributed by atoms with Crippen LogP contribution in [0.3, 0.4) is 0 Å². The van der Waals surface area contributed by atoms with Crippen molar-refractivity contribution in [3.05, 3.63) is 143 Å². The fraction of sp³-hybridized carbons (Fsp3) is 0.143. The van der Waals surface area contributed by atoms with Crippen molar-refractivity contribution in [1.82, 2.24) is 4.57 Å². The fourth-order valence-corrected chi connectivity index (χ4v) is 6.92. The number of carbonyl (C=O) groups is 1. The Morgan fingerprint density at radius 1 is 1.09 bits per heavy atom. The van der Waals surface area contributed by atoms with E-state index in [-0.39, 0.29) is 18.8 Å². The standard InChI is InChI=1S/C35H26BrN3O4S/c1-3-42-34(41)31-21(2)38-35-39(32(31)27-14-8-12-23-9-6-7-13-26(23)27)33(40)30(44-35)18-22-15-16-29(28(36)17-22)43-20-25-11-5-4-10-24(25)19-37/h4-18,32H,3,20H2,1-2H3/b30-18+/t32-/m1/s1. The molecule has 0 saturated heterocycles. The second-order valence-electron chi connectivity index (χ2n) is 10.1. The molecule has 4 aromatic carbocycles. The van der Waals surface area contributed by atoms with Crippen molar-refractivity contribution >= 4 is 50.1 Å². The molecule has 218 valence electrons. The highest BCUT2D eigenvalue weighted by atomic mass is 79.9. The van der Waals surface area contributed by atoms with Gasteiger partial charge in [-0.3, -0.25) is 9.36 Å². The summed E-state index contributed by atoms with van der Waals surface area (Å²) in [6.45, 7) is 4.00. The number of aromatic nitrogens is 1. The van der Waals surface area contributed by atoms with Gasteiger partial charge in [-0.2, -0.15) is 5.26 Å². The number of nitrogens with zero attached hydrogens (tertiary/aromatic N) is 3. The molecule has 44 heavy (non-hydrogen) atoms. The van der Waals surface area contributed by atoms with Crippen LogP contribution in [0.25, 0.3) is 16.8 Å². The fourth-order valence-electron chi connectivity index (χ4n) is 5.36. The van der Waals surface area contributed by atoms with Gasteiger partial charge in [0.05, 0.1) is 44.6 Å². The van der Waals surface area contributed by atoms with E-state index >= 15 is 0 Å². The number of carbonyl (C=O) groups excluding carboxylic acids is 1. The van der Waals surface area contributed by atoms with Gasteiger partial charge in [0, 0.05) is 5.56 Å². The molecule has 2 heterocycles. The molecule has 0 amide bonds. The highest BCUT2D eigenvalue weighted by Gasteiger charge is 2.34. The molecule has 0 bridgehead atoms. The summed E-state index contributed by atoms with van der Waals surface area (Å²) in [4.78, 5) is 32.6. The molecule has 9 heteroatoms. The van der Waals surface area contributed by atoms with Crippen LogP contribution in [0.4, 0.5) is 0 Å². The normalized spacial score (nSPS) is 14.6. The summed E-state index contributed by atoms with van der Waals surface area (Å²) in [6, 6.07) is 28.2. The Morgan fingerprint density at radius 2 is 1.86 bits per heavy atom. The van der Waals surface area contributed by atoms with Gasteiger partial charge in [-0.1, -0.05) is 78.1 Å². The summed E-state index contributed by atoms with van der Waals surface area (Å²) in [7, 11) is 0. The molecule has 6 rings (SSSR count). The average Bonchev–Trinajstić information content (AvgIpc) is 3.33. The van der Waals surface area contributed by atoms with Crippen LogP contribution in [-0.4, -0.2) is 17.1 Å². The molecule has 0 aliphatic carbocycles. The third kappa shape index (κ3) is 5.50. The topological polar surface area (TPSA) is 93.7 Å². The summed E-state index contributed by atoms with van der Waals surface area (Å²) < 4.78 is 14.2. The zero-order valence-corrected chi connectivity index (χ0v) is 26.3. The highest BCUT2D eigenvalue weighted by Crippen LogP contribution is 2.35. The maximum absolute atomic E-state index is 14.1. The lowest BCUT2D eigenvalue weighted by Crippen LogP contribution is -2.40. The maximum atomic E-state index is 14.1. The Kier molecular flexibility index (Phi) is 8.29. The predicted octanol–water partition coefficient (Wildman–Crippen LogP) is 6.16. The van der Waals surface area contributed by atoms with Gasteiger partial charge in [-0.25, -0.2) is 9.79 Å². The molecule has 1 aromatic heterocycles. The van der Waals surface area contributed by atoms with Crippen LogP contribution >= 0.6 is 27.3 Å². The number of fused-ring (bicyclic) bond motifs is 2. The van der Waals surface area contributed by atoms with Crippen molar-refractivity contribution in [3.63, 3.8) is 0 Å². The maximum Gasteiger partial charge on any atom is 0.338 e. The summed E-state index contributed by atoms with van der Waals surface area (Å²) in [5.74, 6) is 0.125. The number of hydrogen-bond donors (Lipinski definition) is 0. The molecular weight excluding hydrogens is 638 g/mol. The van der Waals surface area contributed by atoms with Crippen LogP contribution in [0.1, 0.15) is 42.1 Å². The summed E-state index contributed by atoms with van der Waals surface area (Å²) in [6.07, 6.45) is 1.81. The number of allylic oxidation sites excluding steroid dienone is 1. The number of thiazole rings is 1. The highest BCUT2D eigenvalue weighted by molar-refractivity contribution is 9.10. The average molecular weight is 665 g/mol. The molecule has 5 aromatic rings. The minimum Gasteiger partial charge on any atom is -0.488 e. The monoisotopic (exact) mass is 663 g/mol. The van der Waals surface area contributed by atoms with E-state index in [0.717, 1.165) is 27.5 Å². The Bertz CT molecular complexity index is 2190.